The van der Waals surface area contributed by atoms with Gasteiger partial charge in [-0.3, -0.25) is 0 Å². The molecule has 0 aromatic carbocycles. The van der Waals surface area contributed by atoms with Crippen molar-refractivity contribution in [2.75, 3.05) is 33.2 Å². The standard InChI is InChI=1S/C12H24N2O2/c1-3-8-14(9-5-10-14)11(12(15)16)6-4-7-13-2/h11,13H,3-10H2,1-2H3/p+1. The minimum absolute atomic E-state index is 0.179. The Balaban J connectivity index is 2.56. The van der Waals surface area contributed by atoms with Gasteiger partial charge in [0.15, 0.2) is 6.04 Å². The number of nitrogens with one attached hydrogen (secondary N) is 1. The molecule has 1 saturated heterocycles. The number of carboxylic acid groups (broad SMARTS) is 1. The van der Waals surface area contributed by atoms with Gasteiger partial charge < -0.3 is 14.9 Å². The zero-order chi connectivity index (χ0) is 12.0. The topological polar surface area (TPSA) is 49.3 Å². The molecule has 4 heteroatoms. The SMILES string of the molecule is CCC[N+]1(C(CCCNC)C(=O)O)CCC1. The van der Waals surface area contributed by atoms with E-state index in [1.54, 1.807) is 0 Å². The summed E-state index contributed by atoms with van der Waals surface area (Å²) in [7, 11) is 1.91. The highest BCUT2D eigenvalue weighted by atomic mass is 16.4. The smallest absolute Gasteiger partial charge is 0.362 e. The Morgan fingerprint density at radius 1 is 1.50 bits per heavy atom. The highest BCUT2D eigenvalue weighted by Gasteiger charge is 2.45. The summed E-state index contributed by atoms with van der Waals surface area (Å²) in [4.78, 5) is 11.4. The molecule has 0 amide bonds. The van der Waals surface area contributed by atoms with Crippen LogP contribution in [0.5, 0.6) is 0 Å². The Morgan fingerprint density at radius 2 is 2.19 bits per heavy atom. The summed E-state index contributed by atoms with van der Waals surface area (Å²) < 4.78 is 0.829. The Bertz CT molecular complexity index is 227. The van der Waals surface area contributed by atoms with Crippen molar-refractivity contribution in [1.82, 2.24) is 5.32 Å². The molecule has 0 aromatic rings. The van der Waals surface area contributed by atoms with E-state index in [4.69, 9.17) is 0 Å². The van der Waals surface area contributed by atoms with Crippen molar-refractivity contribution in [1.29, 1.82) is 0 Å². The maximum absolute atomic E-state index is 11.4. The molecule has 16 heavy (non-hydrogen) atoms. The third-order valence-electron chi connectivity index (χ3n) is 3.73. The number of hydrogen-bond donors (Lipinski definition) is 2. The second-order valence-electron chi connectivity index (χ2n) is 4.84. The third kappa shape index (κ3) is 2.95. The molecule has 4 nitrogen and oxygen atoms in total. The van der Waals surface area contributed by atoms with E-state index in [2.05, 4.69) is 12.2 Å². The van der Waals surface area contributed by atoms with E-state index < -0.39 is 5.97 Å². The van der Waals surface area contributed by atoms with Crippen LogP contribution in [0.15, 0.2) is 0 Å². The fourth-order valence-electron chi connectivity index (χ4n) is 2.80. The van der Waals surface area contributed by atoms with Gasteiger partial charge >= 0.3 is 5.97 Å². The lowest BCUT2D eigenvalue weighted by Gasteiger charge is -2.49. The Hall–Kier alpha value is -0.610. The molecule has 0 saturated carbocycles. The molecule has 94 valence electrons. The Morgan fingerprint density at radius 3 is 2.56 bits per heavy atom. The van der Waals surface area contributed by atoms with Crippen molar-refractivity contribution in [3.63, 3.8) is 0 Å². The normalized spacial score (nSPS) is 20.1. The first-order valence-electron chi connectivity index (χ1n) is 6.39. The first-order valence-corrected chi connectivity index (χ1v) is 6.39. The number of hydrogen-bond acceptors (Lipinski definition) is 2. The lowest BCUT2D eigenvalue weighted by molar-refractivity contribution is -0.978. The predicted molar refractivity (Wildman–Crippen MR) is 64.4 cm³/mol. The molecule has 1 unspecified atom stereocenters. The number of carboxylic acids is 1. The van der Waals surface area contributed by atoms with Crippen LogP contribution < -0.4 is 5.32 Å². The number of aliphatic carboxylic acids is 1. The Labute approximate surface area is 98.2 Å². The van der Waals surface area contributed by atoms with Crippen LogP contribution >= 0.6 is 0 Å². The number of likely N-dealkylation sites (tertiary alicyclic amines) is 1. The summed E-state index contributed by atoms with van der Waals surface area (Å²) in [6.07, 6.45) is 4.03. The van der Waals surface area contributed by atoms with Crippen molar-refractivity contribution >= 4 is 5.97 Å². The minimum atomic E-state index is -0.607. The molecule has 1 aliphatic heterocycles. The molecule has 1 heterocycles. The van der Waals surface area contributed by atoms with Crippen LogP contribution in [0.1, 0.15) is 32.6 Å². The van der Waals surface area contributed by atoms with Gasteiger partial charge in [0.2, 0.25) is 0 Å². The summed E-state index contributed by atoms with van der Waals surface area (Å²) >= 11 is 0. The van der Waals surface area contributed by atoms with Gasteiger partial charge in [-0.1, -0.05) is 6.92 Å². The van der Waals surface area contributed by atoms with Crippen LogP contribution in [0.2, 0.25) is 0 Å². The second-order valence-corrected chi connectivity index (χ2v) is 4.84. The van der Waals surface area contributed by atoms with E-state index in [1.165, 1.54) is 6.42 Å². The lowest BCUT2D eigenvalue weighted by atomic mass is 9.98. The van der Waals surface area contributed by atoms with E-state index >= 15 is 0 Å². The van der Waals surface area contributed by atoms with Crippen LogP contribution in [0.25, 0.3) is 0 Å². The maximum Gasteiger partial charge on any atom is 0.362 e. The molecule has 2 N–H and O–H groups in total. The highest BCUT2D eigenvalue weighted by molar-refractivity contribution is 5.72. The maximum atomic E-state index is 11.4. The fraction of sp³-hybridized carbons (Fsp3) is 0.917. The van der Waals surface area contributed by atoms with E-state index in [0.29, 0.717) is 0 Å². The van der Waals surface area contributed by atoms with Gasteiger partial charge in [-0.15, -0.1) is 0 Å². The van der Waals surface area contributed by atoms with Crippen molar-refractivity contribution in [3.05, 3.63) is 0 Å². The monoisotopic (exact) mass is 229 g/mol. The average Bonchev–Trinajstić information content (AvgIpc) is 2.19. The van der Waals surface area contributed by atoms with Crippen molar-refractivity contribution in [2.24, 2.45) is 0 Å². The summed E-state index contributed by atoms with van der Waals surface area (Å²) in [6, 6.07) is -0.179. The van der Waals surface area contributed by atoms with Crippen molar-refractivity contribution in [3.8, 4) is 0 Å². The second kappa shape index (κ2) is 6.21. The third-order valence-corrected chi connectivity index (χ3v) is 3.73. The number of nitrogens with zero attached hydrogens (tertiary/aromatic N) is 1. The van der Waals surface area contributed by atoms with Gasteiger partial charge in [-0.2, -0.15) is 0 Å². The van der Waals surface area contributed by atoms with Crippen molar-refractivity contribution < 1.29 is 14.4 Å². The highest BCUT2D eigenvalue weighted by Crippen LogP contribution is 2.28. The molecule has 0 bridgehead atoms. The fourth-order valence-corrected chi connectivity index (χ4v) is 2.80. The lowest BCUT2D eigenvalue weighted by Crippen LogP contribution is -2.66. The molecule has 0 aliphatic carbocycles. The van der Waals surface area contributed by atoms with Crippen LogP contribution in [0.4, 0.5) is 0 Å². The zero-order valence-electron chi connectivity index (χ0n) is 10.5. The molecule has 0 radical (unpaired) electrons. The van der Waals surface area contributed by atoms with E-state index in [0.717, 1.165) is 49.9 Å². The molecule has 1 fully saturated rings. The number of quaternary nitrogens is 1. The molecule has 0 aromatic heterocycles. The number of carbonyl (C=O) groups is 1. The van der Waals surface area contributed by atoms with Crippen LogP contribution in [0, 0.1) is 0 Å². The molecule has 1 rings (SSSR count). The van der Waals surface area contributed by atoms with Gasteiger partial charge in [0.25, 0.3) is 0 Å². The first-order chi connectivity index (χ1) is 7.66. The van der Waals surface area contributed by atoms with Crippen LogP contribution in [-0.4, -0.2) is 54.8 Å². The average molecular weight is 229 g/mol. The van der Waals surface area contributed by atoms with Gasteiger partial charge in [0.05, 0.1) is 19.6 Å². The van der Waals surface area contributed by atoms with Gasteiger partial charge in [-0.05, 0) is 26.4 Å². The summed E-state index contributed by atoms with van der Waals surface area (Å²) in [5.74, 6) is -0.607. The van der Waals surface area contributed by atoms with Gasteiger partial charge in [0, 0.05) is 12.8 Å². The quantitative estimate of drug-likeness (QED) is 0.483. The van der Waals surface area contributed by atoms with E-state index in [1.807, 2.05) is 7.05 Å². The van der Waals surface area contributed by atoms with Gasteiger partial charge in [0.1, 0.15) is 0 Å². The largest absolute Gasteiger partial charge is 0.477 e. The van der Waals surface area contributed by atoms with E-state index in [9.17, 15) is 9.90 Å². The van der Waals surface area contributed by atoms with Gasteiger partial charge in [-0.25, -0.2) is 4.79 Å². The molecule has 1 atom stereocenters. The van der Waals surface area contributed by atoms with Crippen LogP contribution in [-0.2, 0) is 4.79 Å². The molecule has 1 aliphatic rings. The molecular formula is C12H25N2O2+. The molecular weight excluding hydrogens is 204 g/mol. The van der Waals surface area contributed by atoms with Crippen LogP contribution in [0.3, 0.4) is 0 Å². The summed E-state index contributed by atoms with van der Waals surface area (Å²) in [5, 5.41) is 12.4. The number of rotatable bonds is 8. The zero-order valence-corrected chi connectivity index (χ0v) is 10.5. The summed E-state index contributed by atoms with van der Waals surface area (Å²) in [6.45, 7) is 6.20. The summed E-state index contributed by atoms with van der Waals surface area (Å²) in [5.41, 5.74) is 0. The van der Waals surface area contributed by atoms with Crippen molar-refractivity contribution in [2.45, 2.75) is 38.6 Å². The Kier molecular flexibility index (Phi) is 5.22. The first kappa shape index (κ1) is 13.5. The predicted octanol–water partition coefficient (Wildman–Crippen LogP) is 1.07. The minimum Gasteiger partial charge on any atom is -0.477 e. The van der Waals surface area contributed by atoms with E-state index in [-0.39, 0.29) is 6.04 Å². The molecule has 0 spiro atoms.